The van der Waals surface area contributed by atoms with Gasteiger partial charge in [-0.15, -0.1) is 0 Å². The van der Waals surface area contributed by atoms with Gasteiger partial charge in [-0.25, -0.2) is 0 Å². The van der Waals surface area contributed by atoms with E-state index in [1.807, 2.05) is 6.92 Å². The van der Waals surface area contributed by atoms with E-state index in [1.165, 1.54) is 25.7 Å². The van der Waals surface area contributed by atoms with Crippen LogP contribution in [0.1, 0.15) is 52.9 Å². The Morgan fingerprint density at radius 3 is 2.33 bits per heavy atom. The SMILES string of the molecule is CCCC(C)CCCC(C)C=O. The third-order valence-corrected chi connectivity index (χ3v) is 2.37. The molecule has 0 heterocycles. The standard InChI is InChI=1S/C11H22O/c1-4-6-10(2)7-5-8-11(3)9-12/h9-11H,4-8H2,1-3H3. The van der Waals surface area contributed by atoms with Crippen molar-refractivity contribution in [1.82, 2.24) is 0 Å². The molecule has 2 unspecified atom stereocenters. The van der Waals surface area contributed by atoms with Crippen LogP contribution in [0.2, 0.25) is 0 Å². The van der Waals surface area contributed by atoms with Crippen molar-refractivity contribution in [3.63, 3.8) is 0 Å². The minimum absolute atomic E-state index is 0.263. The highest BCUT2D eigenvalue weighted by molar-refractivity contribution is 5.52. The van der Waals surface area contributed by atoms with Crippen molar-refractivity contribution in [2.75, 3.05) is 0 Å². The molecule has 1 nitrogen and oxygen atoms in total. The second-order valence-electron chi connectivity index (χ2n) is 3.94. The van der Waals surface area contributed by atoms with Crippen LogP contribution in [0, 0.1) is 11.8 Å². The van der Waals surface area contributed by atoms with E-state index in [9.17, 15) is 4.79 Å². The molecule has 0 rings (SSSR count). The Hall–Kier alpha value is -0.330. The van der Waals surface area contributed by atoms with E-state index >= 15 is 0 Å². The first-order valence-corrected chi connectivity index (χ1v) is 5.16. The highest BCUT2D eigenvalue weighted by Crippen LogP contribution is 2.15. The molecule has 0 radical (unpaired) electrons. The van der Waals surface area contributed by atoms with Gasteiger partial charge in [-0.3, -0.25) is 0 Å². The fourth-order valence-electron chi connectivity index (χ4n) is 1.49. The Balaban J connectivity index is 3.23. The van der Waals surface area contributed by atoms with Crippen LogP contribution in [0.25, 0.3) is 0 Å². The Labute approximate surface area is 76.6 Å². The molecule has 0 aromatic rings. The summed E-state index contributed by atoms with van der Waals surface area (Å²) in [6, 6.07) is 0. The monoisotopic (exact) mass is 170 g/mol. The summed E-state index contributed by atoms with van der Waals surface area (Å²) in [4.78, 5) is 10.3. The lowest BCUT2D eigenvalue weighted by Crippen LogP contribution is -1.98. The van der Waals surface area contributed by atoms with E-state index < -0.39 is 0 Å². The van der Waals surface area contributed by atoms with E-state index in [2.05, 4.69) is 13.8 Å². The summed E-state index contributed by atoms with van der Waals surface area (Å²) in [6.45, 7) is 6.52. The average molecular weight is 170 g/mol. The van der Waals surface area contributed by atoms with Crippen LogP contribution in [0.15, 0.2) is 0 Å². The van der Waals surface area contributed by atoms with Crippen molar-refractivity contribution in [2.45, 2.75) is 52.9 Å². The number of aldehydes is 1. The van der Waals surface area contributed by atoms with Gasteiger partial charge in [0.1, 0.15) is 6.29 Å². The van der Waals surface area contributed by atoms with Crippen molar-refractivity contribution in [1.29, 1.82) is 0 Å². The van der Waals surface area contributed by atoms with Gasteiger partial charge in [-0.2, -0.15) is 0 Å². The van der Waals surface area contributed by atoms with Crippen LogP contribution in [0.4, 0.5) is 0 Å². The Bertz CT molecular complexity index is 110. The molecule has 0 aromatic heterocycles. The summed E-state index contributed by atoms with van der Waals surface area (Å²) in [5.41, 5.74) is 0. The molecule has 0 saturated carbocycles. The maximum absolute atomic E-state index is 10.3. The smallest absolute Gasteiger partial charge is 0.122 e. The first kappa shape index (κ1) is 11.7. The molecule has 0 saturated heterocycles. The van der Waals surface area contributed by atoms with Crippen LogP contribution in [0.5, 0.6) is 0 Å². The Kier molecular flexibility index (Phi) is 7.12. The molecule has 0 bridgehead atoms. The van der Waals surface area contributed by atoms with Gasteiger partial charge in [-0.1, -0.05) is 46.5 Å². The molecule has 0 amide bonds. The second-order valence-corrected chi connectivity index (χ2v) is 3.94. The second kappa shape index (κ2) is 7.33. The van der Waals surface area contributed by atoms with Crippen molar-refractivity contribution in [3.8, 4) is 0 Å². The van der Waals surface area contributed by atoms with Crippen LogP contribution in [-0.2, 0) is 4.79 Å². The number of hydrogen-bond acceptors (Lipinski definition) is 1. The number of rotatable bonds is 7. The topological polar surface area (TPSA) is 17.1 Å². The fourth-order valence-corrected chi connectivity index (χ4v) is 1.49. The van der Waals surface area contributed by atoms with Crippen LogP contribution in [0.3, 0.4) is 0 Å². The highest BCUT2D eigenvalue weighted by atomic mass is 16.1. The number of hydrogen-bond donors (Lipinski definition) is 0. The molecule has 0 N–H and O–H groups in total. The van der Waals surface area contributed by atoms with Crippen LogP contribution < -0.4 is 0 Å². The molecular weight excluding hydrogens is 148 g/mol. The van der Waals surface area contributed by atoms with Gasteiger partial charge in [-0.05, 0) is 12.3 Å². The summed E-state index contributed by atoms with van der Waals surface area (Å²) < 4.78 is 0. The molecule has 0 aliphatic heterocycles. The predicted octanol–water partition coefficient (Wildman–Crippen LogP) is 3.43. The molecule has 0 spiro atoms. The van der Waals surface area contributed by atoms with Gasteiger partial charge in [0.15, 0.2) is 0 Å². The highest BCUT2D eigenvalue weighted by Gasteiger charge is 2.03. The quantitative estimate of drug-likeness (QED) is 0.535. The maximum Gasteiger partial charge on any atom is 0.122 e. The molecule has 0 fully saturated rings. The lowest BCUT2D eigenvalue weighted by Gasteiger charge is -2.09. The summed E-state index contributed by atoms with van der Waals surface area (Å²) >= 11 is 0. The van der Waals surface area contributed by atoms with Gasteiger partial charge in [0.2, 0.25) is 0 Å². The van der Waals surface area contributed by atoms with Crippen LogP contribution >= 0.6 is 0 Å². The van der Waals surface area contributed by atoms with Crippen LogP contribution in [-0.4, -0.2) is 6.29 Å². The van der Waals surface area contributed by atoms with Crippen molar-refractivity contribution in [3.05, 3.63) is 0 Å². The summed E-state index contributed by atoms with van der Waals surface area (Å²) in [5, 5.41) is 0. The minimum Gasteiger partial charge on any atom is -0.303 e. The molecule has 0 aliphatic carbocycles. The normalized spacial score (nSPS) is 15.6. The van der Waals surface area contributed by atoms with E-state index in [0.29, 0.717) is 0 Å². The van der Waals surface area contributed by atoms with Gasteiger partial charge >= 0.3 is 0 Å². The van der Waals surface area contributed by atoms with Gasteiger partial charge in [0.25, 0.3) is 0 Å². The van der Waals surface area contributed by atoms with Gasteiger partial charge < -0.3 is 4.79 Å². The van der Waals surface area contributed by atoms with Gasteiger partial charge in [0.05, 0.1) is 0 Å². The number of carbonyl (C=O) groups is 1. The predicted molar refractivity (Wildman–Crippen MR) is 53.2 cm³/mol. The van der Waals surface area contributed by atoms with E-state index in [-0.39, 0.29) is 5.92 Å². The third kappa shape index (κ3) is 6.38. The van der Waals surface area contributed by atoms with E-state index in [0.717, 1.165) is 18.6 Å². The zero-order valence-corrected chi connectivity index (χ0v) is 8.68. The summed E-state index contributed by atoms with van der Waals surface area (Å²) in [7, 11) is 0. The first-order valence-electron chi connectivity index (χ1n) is 5.16. The first-order chi connectivity index (χ1) is 5.70. The Morgan fingerprint density at radius 1 is 1.17 bits per heavy atom. The van der Waals surface area contributed by atoms with Gasteiger partial charge in [0, 0.05) is 5.92 Å². The molecule has 0 aliphatic rings. The Morgan fingerprint density at radius 2 is 1.83 bits per heavy atom. The van der Waals surface area contributed by atoms with Crippen molar-refractivity contribution < 1.29 is 4.79 Å². The molecule has 12 heavy (non-hydrogen) atoms. The minimum atomic E-state index is 0.263. The average Bonchev–Trinajstić information content (AvgIpc) is 2.04. The molecular formula is C11H22O. The third-order valence-electron chi connectivity index (χ3n) is 2.37. The zero-order valence-electron chi connectivity index (χ0n) is 8.68. The van der Waals surface area contributed by atoms with E-state index in [4.69, 9.17) is 0 Å². The van der Waals surface area contributed by atoms with Crippen molar-refractivity contribution in [2.24, 2.45) is 11.8 Å². The molecule has 0 aromatic carbocycles. The summed E-state index contributed by atoms with van der Waals surface area (Å²) in [6.07, 6.45) is 7.23. The fraction of sp³-hybridized carbons (Fsp3) is 0.909. The molecule has 2 atom stereocenters. The number of carbonyl (C=O) groups excluding carboxylic acids is 1. The van der Waals surface area contributed by atoms with Crippen molar-refractivity contribution >= 4 is 6.29 Å². The molecule has 1 heteroatoms. The molecule has 72 valence electrons. The lowest BCUT2D eigenvalue weighted by atomic mass is 9.96. The maximum atomic E-state index is 10.3. The summed E-state index contributed by atoms with van der Waals surface area (Å²) in [5.74, 6) is 1.10. The van der Waals surface area contributed by atoms with E-state index in [1.54, 1.807) is 0 Å². The largest absolute Gasteiger partial charge is 0.303 e. The zero-order chi connectivity index (χ0) is 9.40. The lowest BCUT2D eigenvalue weighted by molar-refractivity contribution is -0.110.